The minimum atomic E-state index is -0.494. The summed E-state index contributed by atoms with van der Waals surface area (Å²) in [6.07, 6.45) is 5.14. The number of aromatic nitrogens is 2. The molecule has 36 heavy (non-hydrogen) atoms. The first-order valence-corrected chi connectivity index (χ1v) is 13.2. The Morgan fingerprint density at radius 1 is 1.28 bits per heavy atom. The number of carbonyl (C=O) groups is 2. The Labute approximate surface area is 215 Å². The second-order valence-electron chi connectivity index (χ2n) is 10.7. The predicted molar refractivity (Wildman–Crippen MR) is 137 cm³/mol. The minimum Gasteiger partial charge on any atom is -0.446 e. The quantitative estimate of drug-likeness (QED) is 0.426. The molecule has 2 unspecified atom stereocenters. The Hall–Kier alpha value is -2.78. The molecule has 5 rings (SSSR count). The van der Waals surface area contributed by atoms with Crippen LogP contribution in [0.4, 0.5) is 16.3 Å². The zero-order chi connectivity index (χ0) is 25.4. The minimum absolute atomic E-state index is 0.0919. The van der Waals surface area contributed by atoms with Crippen LogP contribution in [0.25, 0.3) is 0 Å². The van der Waals surface area contributed by atoms with Crippen LogP contribution in [0.2, 0.25) is 5.02 Å². The molecule has 3 aliphatic rings. The number of rotatable bonds is 7. The lowest BCUT2D eigenvalue weighted by Gasteiger charge is -2.23. The number of carbonyl (C=O) groups excluding carboxylic acids is 2. The van der Waals surface area contributed by atoms with Crippen LogP contribution in [0.1, 0.15) is 81.9 Å². The number of alkyl carbamates (subject to hydrolysis) is 1. The van der Waals surface area contributed by atoms with Gasteiger partial charge in [0.15, 0.2) is 5.82 Å². The van der Waals surface area contributed by atoms with Crippen molar-refractivity contribution < 1.29 is 19.4 Å². The molecule has 0 bridgehead atoms. The van der Waals surface area contributed by atoms with E-state index in [0.29, 0.717) is 10.8 Å². The van der Waals surface area contributed by atoms with Gasteiger partial charge in [-0.05, 0) is 76.5 Å². The molecule has 1 aromatic carbocycles. The highest BCUT2D eigenvalue weighted by atomic mass is 35.5. The summed E-state index contributed by atoms with van der Waals surface area (Å²) in [6.45, 7) is 4.62. The average Bonchev–Trinajstić information content (AvgIpc) is 3.25. The van der Waals surface area contributed by atoms with Gasteiger partial charge in [0.05, 0.1) is 5.92 Å². The summed E-state index contributed by atoms with van der Waals surface area (Å²) in [5.41, 5.74) is 2.41. The number of nitrogens with zero attached hydrogens (tertiary/aromatic N) is 2. The van der Waals surface area contributed by atoms with Crippen molar-refractivity contribution in [3.63, 3.8) is 0 Å². The van der Waals surface area contributed by atoms with Crippen molar-refractivity contribution in [2.45, 2.75) is 88.5 Å². The van der Waals surface area contributed by atoms with Gasteiger partial charge >= 0.3 is 6.09 Å². The normalized spacial score (nSPS) is 25.4. The topological polar surface area (TPSA) is 120 Å². The molecule has 4 atom stereocenters. The van der Waals surface area contributed by atoms with E-state index in [-0.39, 0.29) is 29.6 Å². The van der Waals surface area contributed by atoms with Crippen molar-refractivity contribution in [1.82, 2.24) is 15.5 Å². The van der Waals surface area contributed by atoms with Gasteiger partial charge in [0.25, 0.3) is 0 Å². The summed E-state index contributed by atoms with van der Waals surface area (Å²) in [4.78, 5) is 27.0. The molecule has 2 amide bonds. The lowest BCUT2D eigenvalue weighted by atomic mass is 9.99. The van der Waals surface area contributed by atoms with E-state index in [1.807, 2.05) is 36.1 Å². The summed E-state index contributed by atoms with van der Waals surface area (Å²) in [5.74, 6) is -0.0375. The number of halogens is 1. The number of hydrogen-bond acceptors (Lipinski definition) is 6. The molecule has 2 aromatic rings. The number of anilines is 2. The Morgan fingerprint density at radius 3 is 2.78 bits per heavy atom. The van der Waals surface area contributed by atoms with E-state index in [9.17, 15) is 14.7 Å². The maximum Gasteiger partial charge on any atom is 0.407 e. The van der Waals surface area contributed by atoms with Gasteiger partial charge in [-0.15, -0.1) is 0 Å². The molecule has 10 heteroatoms. The molecule has 4 N–H and O–H groups in total. The van der Waals surface area contributed by atoms with Gasteiger partial charge < -0.3 is 25.4 Å². The van der Waals surface area contributed by atoms with Gasteiger partial charge in [-0.2, -0.15) is 5.10 Å². The Kier molecular flexibility index (Phi) is 6.87. The second kappa shape index (κ2) is 9.94. The lowest BCUT2D eigenvalue weighted by Crippen LogP contribution is -2.36. The SMILES string of the molecule is CC(C(=O)Nc1cc([C@H]2CC[C@H](OC(=O)NC3(C)CC3)C2)[nH]n1)c1ccc(N2CCCC2O)cc1Cl. The molecule has 0 spiro atoms. The molecule has 1 saturated heterocycles. The van der Waals surface area contributed by atoms with Gasteiger partial charge in [-0.1, -0.05) is 17.7 Å². The van der Waals surface area contributed by atoms with Crippen LogP contribution in [-0.4, -0.2) is 51.7 Å². The van der Waals surface area contributed by atoms with Crippen molar-refractivity contribution >= 4 is 35.1 Å². The van der Waals surface area contributed by atoms with E-state index in [0.717, 1.165) is 68.4 Å². The Morgan fingerprint density at radius 2 is 2.08 bits per heavy atom. The standard InChI is InChI=1S/C26H34ClN5O4/c1-15(19-8-6-17(13-20(19)27)32-11-3-4-23(32)33)24(34)28-22-14-21(30-31-22)16-5-7-18(12-16)36-25(35)29-26(2)9-10-26/h6,8,13-16,18,23,33H,3-5,7,9-12H2,1-2H3,(H,29,35)(H2,28,30,31,34)/t15?,16-,18-,23?/m0/s1. The van der Waals surface area contributed by atoms with Crippen molar-refractivity contribution in [2.24, 2.45) is 0 Å². The number of amides is 2. The first-order chi connectivity index (χ1) is 17.2. The monoisotopic (exact) mass is 515 g/mol. The molecule has 1 aliphatic heterocycles. The van der Waals surface area contributed by atoms with E-state index in [1.165, 1.54) is 0 Å². The molecule has 9 nitrogen and oxygen atoms in total. The maximum atomic E-state index is 12.9. The Bertz CT molecular complexity index is 1130. The molecule has 2 saturated carbocycles. The number of benzene rings is 1. The highest BCUT2D eigenvalue weighted by Crippen LogP contribution is 2.38. The summed E-state index contributed by atoms with van der Waals surface area (Å²) < 4.78 is 5.61. The zero-order valence-electron chi connectivity index (χ0n) is 20.7. The van der Waals surface area contributed by atoms with Crippen molar-refractivity contribution in [2.75, 3.05) is 16.8 Å². The molecule has 3 fully saturated rings. The summed E-state index contributed by atoms with van der Waals surface area (Å²) in [5, 5.41) is 23.7. The van der Waals surface area contributed by atoms with Gasteiger partial charge in [0, 0.05) is 40.5 Å². The first-order valence-electron chi connectivity index (χ1n) is 12.8. The van der Waals surface area contributed by atoms with Crippen LogP contribution in [0.3, 0.4) is 0 Å². The van der Waals surface area contributed by atoms with E-state index in [1.54, 1.807) is 6.92 Å². The fraction of sp³-hybridized carbons (Fsp3) is 0.577. The molecule has 2 aliphatic carbocycles. The number of H-pyrrole nitrogens is 1. The van der Waals surface area contributed by atoms with E-state index in [4.69, 9.17) is 16.3 Å². The number of hydrogen-bond donors (Lipinski definition) is 4. The number of aliphatic hydroxyl groups is 1. The predicted octanol–water partition coefficient (Wildman–Crippen LogP) is 4.64. The number of nitrogens with one attached hydrogen (secondary N) is 3. The van der Waals surface area contributed by atoms with Crippen molar-refractivity contribution in [3.05, 3.63) is 40.5 Å². The molecular formula is C26H34ClN5O4. The van der Waals surface area contributed by atoms with Crippen molar-refractivity contribution in [1.29, 1.82) is 0 Å². The van der Waals surface area contributed by atoms with Crippen LogP contribution < -0.4 is 15.5 Å². The highest BCUT2D eigenvalue weighted by Gasteiger charge is 2.40. The third-order valence-corrected chi connectivity index (χ3v) is 8.07. The molecule has 1 aromatic heterocycles. The van der Waals surface area contributed by atoms with E-state index in [2.05, 4.69) is 20.8 Å². The van der Waals surface area contributed by atoms with Gasteiger partial charge in [0.1, 0.15) is 12.3 Å². The number of aliphatic hydroxyl groups excluding tert-OH is 1. The average molecular weight is 516 g/mol. The fourth-order valence-corrected chi connectivity index (χ4v) is 5.49. The maximum absolute atomic E-state index is 12.9. The summed E-state index contributed by atoms with van der Waals surface area (Å²) >= 11 is 6.53. The van der Waals surface area contributed by atoms with Gasteiger partial charge in [0.2, 0.25) is 5.91 Å². The molecule has 0 radical (unpaired) electrons. The van der Waals surface area contributed by atoms with Crippen LogP contribution in [-0.2, 0) is 9.53 Å². The molecular weight excluding hydrogens is 482 g/mol. The third kappa shape index (κ3) is 5.47. The summed E-state index contributed by atoms with van der Waals surface area (Å²) in [6, 6.07) is 7.41. The lowest BCUT2D eigenvalue weighted by molar-refractivity contribution is -0.117. The van der Waals surface area contributed by atoms with Crippen LogP contribution in [0, 0.1) is 0 Å². The van der Waals surface area contributed by atoms with Gasteiger partial charge in [-0.3, -0.25) is 9.89 Å². The Balaban J connectivity index is 1.15. The number of ether oxygens (including phenoxy) is 1. The van der Waals surface area contributed by atoms with Crippen LogP contribution in [0.5, 0.6) is 0 Å². The zero-order valence-corrected chi connectivity index (χ0v) is 21.5. The second-order valence-corrected chi connectivity index (χ2v) is 11.1. The summed E-state index contributed by atoms with van der Waals surface area (Å²) in [7, 11) is 0. The molecule has 2 heterocycles. The van der Waals surface area contributed by atoms with Gasteiger partial charge in [-0.25, -0.2) is 4.79 Å². The largest absolute Gasteiger partial charge is 0.446 e. The van der Waals surface area contributed by atoms with Crippen LogP contribution >= 0.6 is 11.6 Å². The van der Waals surface area contributed by atoms with Crippen molar-refractivity contribution in [3.8, 4) is 0 Å². The fourth-order valence-electron chi connectivity index (χ4n) is 5.15. The van der Waals surface area contributed by atoms with E-state index >= 15 is 0 Å². The van der Waals surface area contributed by atoms with Crippen LogP contribution in [0.15, 0.2) is 24.3 Å². The smallest absolute Gasteiger partial charge is 0.407 e. The molecule has 194 valence electrons. The van der Waals surface area contributed by atoms with E-state index < -0.39 is 12.1 Å². The third-order valence-electron chi connectivity index (χ3n) is 7.75. The number of aromatic amines is 1. The first kappa shape index (κ1) is 24.9. The highest BCUT2D eigenvalue weighted by molar-refractivity contribution is 6.32.